The van der Waals surface area contributed by atoms with Gasteiger partial charge in [0.1, 0.15) is 17.2 Å². The first-order valence-electron chi connectivity index (χ1n) is 11.1. The average Bonchev–Trinajstić information content (AvgIpc) is 3.17. The molecule has 0 atom stereocenters. The first-order chi connectivity index (χ1) is 14.9. The molecule has 2 amide bonds. The van der Waals surface area contributed by atoms with Crippen molar-refractivity contribution in [3.63, 3.8) is 0 Å². The lowest BCUT2D eigenvalue weighted by molar-refractivity contribution is -0.120. The zero-order valence-electron chi connectivity index (χ0n) is 18.0. The SMILES string of the molecule is CC1(C)Cc2nc(N3CCOc4cc(NC(=O)C5CCCCC5)ccc43)sc2C(=O)N1. The third-order valence-electron chi connectivity index (χ3n) is 6.25. The van der Waals surface area contributed by atoms with Crippen LogP contribution in [0.3, 0.4) is 0 Å². The van der Waals surface area contributed by atoms with Gasteiger partial charge in [0, 0.05) is 29.6 Å². The van der Waals surface area contributed by atoms with Crippen LogP contribution in [0.2, 0.25) is 0 Å². The summed E-state index contributed by atoms with van der Waals surface area (Å²) < 4.78 is 5.90. The van der Waals surface area contributed by atoms with Crippen molar-refractivity contribution < 1.29 is 14.3 Å². The quantitative estimate of drug-likeness (QED) is 0.745. The number of carbonyl (C=O) groups is 2. The molecule has 1 saturated carbocycles. The second-order valence-electron chi connectivity index (χ2n) is 9.29. The van der Waals surface area contributed by atoms with Crippen molar-refractivity contribution in [2.45, 2.75) is 57.9 Å². The van der Waals surface area contributed by atoms with Gasteiger partial charge in [0.05, 0.1) is 17.9 Å². The van der Waals surface area contributed by atoms with Crippen molar-refractivity contribution in [3.05, 3.63) is 28.8 Å². The van der Waals surface area contributed by atoms with Crippen molar-refractivity contribution in [2.24, 2.45) is 5.92 Å². The van der Waals surface area contributed by atoms with Crippen LogP contribution in [0.5, 0.6) is 5.75 Å². The van der Waals surface area contributed by atoms with Crippen LogP contribution in [0.25, 0.3) is 0 Å². The van der Waals surface area contributed by atoms with Gasteiger partial charge in [-0.1, -0.05) is 30.6 Å². The topological polar surface area (TPSA) is 83.6 Å². The molecule has 1 aliphatic carbocycles. The largest absolute Gasteiger partial charge is 0.489 e. The number of nitrogens with one attached hydrogen (secondary N) is 2. The number of ether oxygens (including phenoxy) is 1. The smallest absolute Gasteiger partial charge is 0.263 e. The third-order valence-corrected chi connectivity index (χ3v) is 7.37. The first kappa shape index (κ1) is 20.3. The summed E-state index contributed by atoms with van der Waals surface area (Å²) in [4.78, 5) is 32.7. The van der Waals surface area contributed by atoms with E-state index < -0.39 is 0 Å². The lowest BCUT2D eigenvalue weighted by Crippen LogP contribution is -2.48. The fourth-order valence-corrected chi connectivity index (χ4v) is 5.70. The van der Waals surface area contributed by atoms with Crippen molar-refractivity contribution in [1.82, 2.24) is 10.3 Å². The molecule has 0 unspecified atom stereocenters. The van der Waals surface area contributed by atoms with Gasteiger partial charge in [-0.05, 0) is 38.8 Å². The van der Waals surface area contributed by atoms with E-state index >= 15 is 0 Å². The minimum atomic E-state index is -0.288. The zero-order chi connectivity index (χ0) is 21.6. The molecule has 1 aromatic heterocycles. The fourth-order valence-electron chi connectivity index (χ4n) is 4.68. The molecule has 0 radical (unpaired) electrons. The van der Waals surface area contributed by atoms with Gasteiger partial charge in [-0.3, -0.25) is 9.59 Å². The van der Waals surface area contributed by atoms with E-state index in [2.05, 4.69) is 15.5 Å². The maximum absolute atomic E-state index is 12.6. The van der Waals surface area contributed by atoms with Gasteiger partial charge in [0.15, 0.2) is 5.13 Å². The maximum atomic E-state index is 12.6. The lowest BCUT2D eigenvalue weighted by Gasteiger charge is -2.30. The normalized spacial score (nSPS) is 20.3. The highest BCUT2D eigenvalue weighted by Crippen LogP contribution is 2.41. The number of benzene rings is 1. The summed E-state index contributed by atoms with van der Waals surface area (Å²) in [6.07, 6.45) is 6.15. The van der Waals surface area contributed by atoms with E-state index in [1.807, 2.05) is 32.0 Å². The Morgan fingerprint density at radius 2 is 2.10 bits per heavy atom. The average molecular weight is 441 g/mol. The van der Waals surface area contributed by atoms with Crippen LogP contribution in [0.4, 0.5) is 16.5 Å². The fraction of sp³-hybridized carbons (Fsp3) is 0.522. The number of thiazole rings is 1. The summed E-state index contributed by atoms with van der Waals surface area (Å²) in [6, 6.07) is 5.78. The molecule has 7 nitrogen and oxygen atoms in total. The highest BCUT2D eigenvalue weighted by molar-refractivity contribution is 7.17. The number of fused-ring (bicyclic) bond motifs is 2. The molecule has 0 bridgehead atoms. The predicted octanol–water partition coefficient (Wildman–Crippen LogP) is 4.26. The minimum absolute atomic E-state index is 0.0516. The summed E-state index contributed by atoms with van der Waals surface area (Å²) in [6.45, 7) is 5.22. The van der Waals surface area contributed by atoms with Gasteiger partial charge in [-0.15, -0.1) is 0 Å². The van der Waals surface area contributed by atoms with E-state index in [0.717, 1.165) is 53.6 Å². The van der Waals surface area contributed by atoms with Crippen molar-refractivity contribution in [1.29, 1.82) is 0 Å². The summed E-state index contributed by atoms with van der Waals surface area (Å²) in [7, 11) is 0. The van der Waals surface area contributed by atoms with Crippen LogP contribution < -0.4 is 20.3 Å². The molecule has 2 aliphatic heterocycles. The molecule has 3 aliphatic rings. The number of rotatable bonds is 3. The van der Waals surface area contributed by atoms with E-state index in [9.17, 15) is 9.59 Å². The molecule has 1 fully saturated rings. The predicted molar refractivity (Wildman–Crippen MR) is 122 cm³/mol. The summed E-state index contributed by atoms with van der Waals surface area (Å²) in [5.74, 6) is 0.891. The van der Waals surface area contributed by atoms with Crippen LogP contribution in [0.1, 0.15) is 61.3 Å². The van der Waals surface area contributed by atoms with E-state index in [0.29, 0.717) is 24.4 Å². The molecule has 31 heavy (non-hydrogen) atoms. The minimum Gasteiger partial charge on any atom is -0.489 e. The Balaban J connectivity index is 1.37. The standard InChI is InChI=1S/C23H28N4O3S/c1-23(2)13-16-19(21(29)26-23)31-22(25-16)27-10-11-30-18-12-15(8-9-17(18)27)24-20(28)14-6-4-3-5-7-14/h8-9,12,14H,3-7,10-11,13H2,1-2H3,(H,24,28)(H,26,29). The van der Waals surface area contributed by atoms with Gasteiger partial charge in [0.25, 0.3) is 5.91 Å². The highest BCUT2D eigenvalue weighted by Gasteiger charge is 2.35. The lowest BCUT2D eigenvalue weighted by atomic mass is 9.88. The molecule has 164 valence electrons. The van der Waals surface area contributed by atoms with E-state index in [4.69, 9.17) is 9.72 Å². The number of aromatic nitrogens is 1. The van der Waals surface area contributed by atoms with Gasteiger partial charge < -0.3 is 20.3 Å². The van der Waals surface area contributed by atoms with Crippen LogP contribution in [0.15, 0.2) is 18.2 Å². The Morgan fingerprint density at radius 1 is 1.29 bits per heavy atom. The highest BCUT2D eigenvalue weighted by atomic mass is 32.1. The number of hydrogen-bond acceptors (Lipinski definition) is 6. The number of hydrogen-bond donors (Lipinski definition) is 2. The van der Waals surface area contributed by atoms with E-state index in [1.54, 1.807) is 0 Å². The molecule has 1 aromatic carbocycles. The molecule has 5 rings (SSSR count). The van der Waals surface area contributed by atoms with Gasteiger partial charge >= 0.3 is 0 Å². The van der Waals surface area contributed by atoms with Gasteiger partial charge in [-0.2, -0.15) is 0 Å². The maximum Gasteiger partial charge on any atom is 0.263 e. The van der Waals surface area contributed by atoms with Crippen molar-refractivity contribution in [3.8, 4) is 5.75 Å². The number of carbonyl (C=O) groups excluding carboxylic acids is 2. The molecule has 2 N–H and O–H groups in total. The Kier molecular flexibility index (Phi) is 5.12. The summed E-state index contributed by atoms with van der Waals surface area (Å²) >= 11 is 1.43. The van der Waals surface area contributed by atoms with Crippen LogP contribution in [0, 0.1) is 5.92 Å². The summed E-state index contributed by atoms with van der Waals surface area (Å²) in [5, 5.41) is 6.92. The monoisotopic (exact) mass is 440 g/mol. The van der Waals surface area contributed by atoms with Crippen LogP contribution >= 0.6 is 11.3 Å². The zero-order valence-corrected chi connectivity index (χ0v) is 18.8. The molecule has 0 spiro atoms. The second-order valence-corrected chi connectivity index (χ2v) is 10.3. The second kappa shape index (κ2) is 7.82. The van der Waals surface area contributed by atoms with E-state index in [-0.39, 0.29) is 23.3 Å². The van der Waals surface area contributed by atoms with Gasteiger partial charge in [-0.25, -0.2) is 4.98 Å². The first-order valence-corrected chi connectivity index (χ1v) is 11.9. The molecule has 3 heterocycles. The Bertz CT molecular complexity index is 1030. The molecular formula is C23H28N4O3S. The molecule has 8 heteroatoms. The van der Waals surface area contributed by atoms with Crippen molar-refractivity contribution >= 4 is 39.7 Å². The molecular weight excluding hydrogens is 412 g/mol. The molecule has 2 aromatic rings. The van der Waals surface area contributed by atoms with Crippen molar-refractivity contribution in [2.75, 3.05) is 23.4 Å². The third kappa shape index (κ3) is 4.01. The van der Waals surface area contributed by atoms with Gasteiger partial charge in [0.2, 0.25) is 5.91 Å². The summed E-state index contributed by atoms with van der Waals surface area (Å²) in [5.41, 5.74) is 2.24. The van der Waals surface area contributed by atoms with Crippen LogP contribution in [-0.2, 0) is 11.2 Å². The number of nitrogens with zero attached hydrogens (tertiary/aromatic N) is 2. The number of anilines is 3. The Hall–Kier alpha value is -2.61. The Morgan fingerprint density at radius 3 is 2.90 bits per heavy atom. The van der Waals surface area contributed by atoms with Crippen LogP contribution in [-0.4, -0.2) is 35.5 Å². The Labute approximate surface area is 186 Å². The van der Waals surface area contributed by atoms with E-state index in [1.165, 1.54) is 17.8 Å². The number of amides is 2. The molecule has 0 saturated heterocycles.